The molecular weight excluding hydrogens is 221 g/mol. The van der Waals surface area contributed by atoms with Crippen LogP contribution in [0.1, 0.15) is 25.5 Å². The lowest BCUT2D eigenvalue weighted by Crippen LogP contribution is -2.32. The van der Waals surface area contributed by atoms with Crippen molar-refractivity contribution in [3.8, 4) is 5.75 Å². The topological polar surface area (TPSA) is 30.5 Å². The van der Waals surface area contributed by atoms with Gasteiger partial charge in [0.2, 0.25) is 0 Å². The summed E-state index contributed by atoms with van der Waals surface area (Å²) in [4.78, 5) is 0. The van der Waals surface area contributed by atoms with Crippen molar-refractivity contribution >= 4 is 0 Å². The lowest BCUT2D eigenvalue weighted by atomic mass is 10.0. The Bertz CT molecular complexity index is 357. The third kappa shape index (κ3) is 3.17. The standard InChI is InChI=1S/C13H20FNO2/c1-5-15-13(9(2)16-3)10-7-6-8-11(17-4)12(10)14/h6-9,13,15H,5H2,1-4H3. The van der Waals surface area contributed by atoms with Gasteiger partial charge in [0, 0.05) is 12.7 Å². The molecule has 2 unspecified atom stereocenters. The van der Waals surface area contributed by atoms with E-state index >= 15 is 0 Å². The number of likely N-dealkylation sites (N-methyl/N-ethyl adjacent to an activating group) is 1. The molecule has 1 aromatic rings. The van der Waals surface area contributed by atoms with Crippen molar-refractivity contribution in [2.75, 3.05) is 20.8 Å². The number of methoxy groups -OCH3 is 2. The van der Waals surface area contributed by atoms with Gasteiger partial charge in [-0.3, -0.25) is 0 Å². The molecule has 0 saturated heterocycles. The number of ether oxygens (including phenoxy) is 2. The summed E-state index contributed by atoms with van der Waals surface area (Å²) in [5.41, 5.74) is 0.570. The van der Waals surface area contributed by atoms with Crippen molar-refractivity contribution in [3.05, 3.63) is 29.6 Å². The Kier molecular flexibility index (Phi) is 5.38. The van der Waals surface area contributed by atoms with E-state index in [1.165, 1.54) is 7.11 Å². The van der Waals surface area contributed by atoms with Gasteiger partial charge in [-0.25, -0.2) is 4.39 Å². The fourth-order valence-electron chi connectivity index (χ4n) is 1.81. The molecule has 3 nitrogen and oxygen atoms in total. The van der Waals surface area contributed by atoms with Gasteiger partial charge in [-0.05, 0) is 19.5 Å². The van der Waals surface area contributed by atoms with E-state index in [0.717, 1.165) is 6.54 Å². The maximum Gasteiger partial charge on any atom is 0.169 e. The van der Waals surface area contributed by atoms with E-state index in [1.807, 2.05) is 13.8 Å². The van der Waals surface area contributed by atoms with E-state index in [9.17, 15) is 4.39 Å². The third-order valence-electron chi connectivity index (χ3n) is 2.81. The zero-order chi connectivity index (χ0) is 12.8. The molecule has 0 fully saturated rings. The molecule has 0 heterocycles. The van der Waals surface area contributed by atoms with Gasteiger partial charge in [0.1, 0.15) is 0 Å². The molecule has 1 aromatic carbocycles. The molecule has 0 radical (unpaired) electrons. The summed E-state index contributed by atoms with van der Waals surface area (Å²) < 4.78 is 24.4. The number of rotatable bonds is 6. The molecule has 4 heteroatoms. The summed E-state index contributed by atoms with van der Waals surface area (Å²) in [7, 11) is 3.08. The minimum Gasteiger partial charge on any atom is -0.494 e. The van der Waals surface area contributed by atoms with E-state index in [-0.39, 0.29) is 23.7 Å². The maximum atomic E-state index is 14.1. The summed E-state index contributed by atoms with van der Waals surface area (Å²) in [5, 5.41) is 3.22. The Morgan fingerprint density at radius 2 is 2.06 bits per heavy atom. The molecule has 0 aliphatic carbocycles. The quantitative estimate of drug-likeness (QED) is 0.830. The summed E-state index contributed by atoms with van der Waals surface area (Å²) in [6.45, 7) is 4.63. The van der Waals surface area contributed by atoms with Gasteiger partial charge in [-0.15, -0.1) is 0 Å². The average Bonchev–Trinajstić information content (AvgIpc) is 2.36. The van der Waals surface area contributed by atoms with E-state index < -0.39 is 0 Å². The van der Waals surface area contributed by atoms with Crippen molar-refractivity contribution in [2.24, 2.45) is 0 Å². The van der Waals surface area contributed by atoms with Crippen molar-refractivity contribution in [3.63, 3.8) is 0 Å². The zero-order valence-corrected chi connectivity index (χ0v) is 10.8. The van der Waals surface area contributed by atoms with Crippen LogP contribution in [0.25, 0.3) is 0 Å². The van der Waals surface area contributed by atoms with Crippen LogP contribution < -0.4 is 10.1 Å². The van der Waals surface area contributed by atoms with Crippen LogP contribution in [0.4, 0.5) is 4.39 Å². The maximum absolute atomic E-state index is 14.1. The second-order valence-corrected chi connectivity index (χ2v) is 3.84. The fraction of sp³-hybridized carbons (Fsp3) is 0.538. The van der Waals surface area contributed by atoms with Crippen LogP contribution in [0, 0.1) is 5.82 Å². The number of benzene rings is 1. The van der Waals surface area contributed by atoms with E-state index in [0.29, 0.717) is 5.56 Å². The number of nitrogens with one attached hydrogen (secondary N) is 1. The van der Waals surface area contributed by atoms with Crippen LogP contribution >= 0.6 is 0 Å². The molecule has 0 aliphatic heterocycles. The Morgan fingerprint density at radius 3 is 2.59 bits per heavy atom. The summed E-state index contributed by atoms with van der Waals surface area (Å²) in [6.07, 6.45) is -0.114. The molecule has 0 amide bonds. The minimum absolute atomic E-state index is 0.114. The second kappa shape index (κ2) is 6.57. The van der Waals surface area contributed by atoms with E-state index in [2.05, 4.69) is 5.32 Å². The first kappa shape index (κ1) is 13.9. The first-order chi connectivity index (χ1) is 8.15. The SMILES string of the molecule is CCNC(c1cccc(OC)c1F)C(C)OC. The van der Waals surface area contributed by atoms with Crippen molar-refractivity contribution in [1.29, 1.82) is 0 Å². The van der Waals surface area contributed by atoms with Crippen LogP contribution in [0.5, 0.6) is 5.75 Å². The zero-order valence-electron chi connectivity index (χ0n) is 10.8. The average molecular weight is 241 g/mol. The smallest absolute Gasteiger partial charge is 0.169 e. The molecule has 0 spiro atoms. The lowest BCUT2D eigenvalue weighted by molar-refractivity contribution is 0.0822. The first-order valence-electron chi connectivity index (χ1n) is 5.74. The Hall–Kier alpha value is -1.13. The normalized spacial score (nSPS) is 14.4. The molecule has 17 heavy (non-hydrogen) atoms. The van der Waals surface area contributed by atoms with Crippen molar-refractivity contribution < 1.29 is 13.9 Å². The molecule has 96 valence electrons. The summed E-state index contributed by atoms with van der Waals surface area (Å²) in [6, 6.07) is 4.96. The van der Waals surface area contributed by atoms with Crippen LogP contribution in [-0.2, 0) is 4.74 Å². The highest BCUT2D eigenvalue weighted by Crippen LogP contribution is 2.27. The van der Waals surface area contributed by atoms with Crippen LogP contribution in [0.15, 0.2) is 18.2 Å². The number of halogens is 1. The molecule has 0 aliphatic rings. The first-order valence-corrected chi connectivity index (χ1v) is 5.74. The molecule has 1 rings (SSSR count). The third-order valence-corrected chi connectivity index (χ3v) is 2.81. The van der Waals surface area contributed by atoms with Crippen molar-refractivity contribution in [1.82, 2.24) is 5.32 Å². The van der Waals surface area contributed by atoms with Gasteiger partial charge < -0.3 is 14.8 Å². The molecule has 2 atom stereocenters. The molecule has 1 N–H and O–H groups in total. The second-order valence-electron chi connectivity index (χ2n) is 3.84. The summed E-state index contributed by atoms with van der Waals surface area (Å²) >= 11 is 0. The predicted molar refractivity (Wildman–Crippen MR) is 65.8 cm³/mol. The van der Waals surface area contributed by atoms with Crippen LogP contribution in [0.2, 0.25) is 0 Å². The number of hydrogen-bond donors (Lipinski definition) is 1. The molecule has 0 saturated carbocycles. The van der Waals surface area contributed by atoms with Gasteiger partial charge in [0.25, 0.3) is 0 Å². The lowest BCUT2D eigenvalue weighted by Gasteiger charge is -2.25. The van der Waals surface area contributed by atoms with Crippen LogP contribution in [-0.4, -0.2) is 26.9 Å². The molecule has 0 bridgehead atoms. The highest BCUT2D eigenvalue weighted by Gasteiger charge is 2.22. The molecular formula is C13H20FNO2. The largest absolute Gasteiger partial charge is 0.494 e. The van der Waals surface area contributed by atoms with Gasteiger partial charge in [0.15, 0.2) is 11.6 Å². The Labute approximate surface area is 102 Å². The highest BCUT2D eigenvalue weighted by atomic mass is 19.1. The van der Waals surface area contributed by atoms with Gasteiger partial charge in [0.05, 0.1) is 19.3 Å². The minimum atomic E-state index is -0.329. The Balaban J connectivity index is 3.09. The van der Waals surface area contributed by atoms with Crippen LogP contribution in [0.3, 0.4) is 0 Å². The monoisotopic (exact) mass is 241 g/mol. The van der Waals surface area contributed by atoms with Gasteiger partial charge >= 0.3 is 0 Å². The predicted octanol–water partition coefficient (Wildman–Crippen LogP) is 2.52. The van der Waals surface area contributed by atoms with E-state index in [4.69, 9.17) is 9.47 Å². The fourth-order valence-corrected chi connectivity index (χ4v) is 1.81. The van der Waals surface area contributed by atoms with Gasteiger partial charge in [-0.1, -0.05) is 19.1 Å². The molecule has 0 aromatic heterocycles. The van der Waals surface area contributed by atoms with Gasteiger partial charge in [-0.2, -0.15) is 0 Å². The highest BCUT2D eigenvalue weighted by molar-refractivity contribution is 5.33. The van der Waals surface area contributed by atoms with Crippen molar-refractivity contribution in [2.45, 2.75) is 26.0 Å². The Morgan fingerprint density at radius 1 is 1.35 bits per heavy atom. The summed E-state index contributed by atoms with van der Waals surface area (Å²) in [5.74, 6) is -0.0708. The number of hydrogen-bond acceptors (Lipinski definition) is 3. The van der Waals surface area contributed by atoms with E-state index in [1.54, 1.807) is 25.3 Å².